The third kappa shape index (κ3) is 2.06. The minimum Gasteiger partial charge on any atom is -0.488 e. The lowest BCUT2D eigenvalue weighted by Gasteiger charge is -2.20. The van der Waals surface area contributed by atoms with E-state index in [2.05, 4.69) is 14.4 Å². The van der Waals surface area contributed by atoms with Crippen molar-refractivity contribution in [1.29, 1.82) is 0 Å². The Morgan fingerprint density at radius 3 is 3.17 bits per heavy atom. The molecular formula is C11H14N4O2S. The summed E-state index contributed by atoms with van der Waals surface area (Å²) >= 11 is -1.50. The molecule has 2 aliphatic heterocycles. The fraction of sp³-hybridized carbons (Fsp3) is 0.364. The normalized spacial score (nSPS) is 26.1. The highest BCUT2D eigenvalue weighted by Gasteiger charge is 2.23. The van der Waals surface area contributed by atoms with Crippen LogP contribution in [0.1, 0.15) is 12.0 Å². The predicted molar refractivity (Wildman–Crippen MR) is 70.8 cm³/mol. The average Bonchev–Trinajstić information content (AvgIpc) is 2.81. The second-order valence-electron chi connectivity index (χ2n) is 4.24. The fourth-order valence-corrected chi connectivity index (χ4v) is 2.81. The molecule has 2 heterocycles. The number of ether oxygens (including phenoxy) is 1. The molecule has 0 spiro atoms. The molecule has 4 N–H and O–H groups in total. The molecule has 0 radical (unpaired) electrons. The van der Waals surface area contributed by atoms with Crippen molar-refractivity contribution >= 4 is 22.7 Å². The standard InChI is InChI=1S/C11H14N4O2S/c12-11-10-8(14-18(16)15-11)2-1-3-9(10)17-7-4-5-13-6-7/h1-3,7,13-14H,4-6H2,(H2,12,15). The van der Waals surface area contributed by atoms with Gasteiger partial charge in [-0.2, -0.15) is 4.40 Å². The predicted octanol–water partition coefficient (Wildman–Crippen LogP) is 0.137. The summed E-state index contributed by atoms with van der Waals surface area (Å²) in [4.78, 5) is 0. The average molecular weight is 266 g/mol. The molecule has 6 nitrogen and oxygen atoms in total. The van der Waals surface area contributed by atoms with Crippen molar-refractivity contribution in [3.63, 3.8) is 0 Å². The molecule has 0 aliphatic carbocycles. The van der Waals surface area contributed by atoms with Gasteiger partial charge in [-0.05, 0) is 25.1 Å². The van der Waals surface area contributed by atoms with Crippen molar-refractivity contribution in [2.45, 2.75) is 12.5 Å². The van der Waals surface area contributed by atoms with Gasteiger partial charge < -0.3 is 15.8 Å². The zero-order valence-corrected chi connectivity index (χ0v) is 10.5. The first kappa shape index (κ1) is 11.5. The van der Waals surface area contributed by atoms with Gasteiger partial charge >= 0.3 is 0 Å². The van der Waals surface area contributed by atoms with Gasteiger partial charge in [0.05, 0.1) is 11.3 Å². The first-order chi connectivity index (χ1) is 8.74. The van der Waals surface area contributed by atoms with E-state index >= 15 is 0 Å². The summed E-state index contributed by atoms with van der Waals surface area (Å²) < 4.78 is 23.9. The molecule has 0 aromatic heterocycles. The lowest BCUT2D eigenvalue weighted by Crippen LogP contribution is -2.26. The van der Waals surface area contributed by atoms with E-state index < -0.39 is 11.2 Å². The summed E-state index contributed by atoms with van der Waals surface area (Å²) in [5, 5.41) is 3.24. The topological polar surface area (TPSA) is 88.7 Å². The number of benzene rings is 1. The molecule has 1 fully saturated rings. The van der Waals surface area contributed by atoms with Crippen molar-refractivity contribution in [2.75, 3.05) is 17.8 Å². The van der Waals surface area contributed by atoms with Crippen molar-refractivity contribution < 1.29 is 8.95 Å². The number of hydrogen-bond acceptors (Lipinski definition) is 4. The SMILES string of the molecule is NC1=NS(=O)Nc2cccc(OC3CCNC3)c21. The lowest BCUT2D eigenvalue weighted by molar-refractivity contribution is 0.223. The second-order valence-corrected chi connectivity index (χ2v) is 5.12. The van der Waals surface area contributed by atoms with Crippen LogP contribution in [0.15, 0.2) is 22.6 Å². The van der Waals surface area contributed by atoms with E-state index in [-0.39, 0.29) is 11.9 Å². The smallest absolute Gasteiger partial charge is 0.245 e. The Labute approximate surface area is 107 Å². The summed E-state index contributed by atoms with van der Waals surface area (Å²) in [6.07, 6.45) is 1.12. The third-order valence-corrected chi connectivity index (χ3v) is 3.73. The van der Waals surface area contributed by atoms with Crippen LogP contribution in [-0.2, 0) is 11.2 Å². The molecule has 7 heteroatoms. The first-order valence-corrected chi connectivity index (χ1v) is 6.88. The van der Waals surface area contributed by atoms with Crippen LogP contribution in [0.25, 0.3) is 0 Å². The van der Waals surface area contributed by atoms with E-state index in [9.17, 15) is 4.21 Å². The quantitative estimate of drug-likeness (QED) is 0.710. The van der Waals surface area contributed by atoms with Gasteiger partial charge in [0.1, 0.15) is 17.7 Å². The van der Waals surface area contributed by atoms with Gasteiger partial charge in [0.25, 0.3) is 0 Å². The second kappa shape index (κ2) is 4.58. The van der Waals surface area contributed by atoms with E-state index in [0.717, 1.165) is 19.5 Å². The van der Waals surface area contributed by atoms with E-state index in [4.69, 9.17) is 10.5 Å². The Balaban J connectivity index is 1.95. The minimum atomic E-state index is -1.50. The van der Waals surface area contributed by atoms with Crippen LogP contribution in [0.4, 0.5) is 5.69 Å². The van der Waals surface area contributed by atoms with Crippen LogP contribution in [0.5, 0.6) is 5.75 Å². The third-order valence-electron chi connectivity index (χ3n) is 2.97. The maximum absolute atomic E-state index is 11.4. The number of fused-ring (bicyclic) bond motifs is 1. The monoisotopic (exact) mass is 266 g/mol. The molecule has 0 saturated carbocycles. The van der Waals surface area contributed by atoms with Crippen LogP contribution in [0.3, 0.4) is 0 Å². The largest absolute Gasteiger partial charge is 0.488 e. The molecular weight excluding hydrogens is 252 g/mol. The Morgan fingerprint density at radius 2 is 2.39 bits per heavy atom. The highest BCUT2D eigenvalue weighted by atomic mass is 32.2. The fourth-order valence-electron chi connectivity index (χ4n) is 2.14. The van der Waals surface area contributed by atoms with Gasteiger partial charge in [-0.25, -0.2) is 4.21 Å². The highest BCUT2D eigenvalue weighted by Crippen LogP contribution is 2.30. The molecule has 1 aromatic rings. The van der Waals surface area contributed by atoms with Gasteiger partial charge in [-0.15, -0.1) is 0 Å². The van der Waals surface area contributed by atoms with Gasteiger partial charge in [-0.1, -0.05) is 6.07 Å². The molecule has 0 amide bonds. The van der Waals surface area contributed by atoms with Crippen molar-refractivity contribution in [3.05, 3.63) is 23.8 Å². The molecule has 2 atom stereocenters. The number of nitrogens with one attached hydrogen (secondary N) is 2. The minimum absolute atomic E-state index is 0.150. The Hall–Kier alpha value is -1.60. The zero-order chi connectivity index (χ0) is 12.5. The maximum atomic E-state index is 11.4. The number of amidine groups is 1. The van der Waals surface area contributed by atoms with E-state index in [0.29, 0.717) is 17.0 Å². The highest BCUT2D eigenvalue weighted by molar-refractivity contribution is 7.85. The lowest BCUT2D eigenvalue weighted by atomic mass is 10.1. The number of hydrogen-bond donors (Lipinski definition) is 3. The Bertz CT molecular complexity index is 526. The summed E-state index contributed by atoms with van der Waals surface area (Å²) in [7, 11) is 0. The molecule has 0 bridgehead atoms. The molecule has 3 rings (SSSR count). The molecule has 2 aliphatic rings. The van der Waals surface area contributed by atoms with Crippen molar-refractivity contribution in [1.82, 2.24) is 5.32 Å². The molecule has 18 heavy (non-hydrogen) atoms. The van der Waals surface area contributed by atoms with Gasteiger partial charge in [0, 0.05) is 6.54 Å². The Kier molecular flexibility index (Phi) is 2.92. The van der Waals surface area contributed by atoms with Gasteiger partial charge in [0.15, 0.2) is 0 Å². The molecule has 1 saturated heterocycles. The molecule has 1 aromatic carbocycles. The zero-order valence-electron chi connectivity index (χ0n) is 9.68. The van der Waals surface area contributed by atoms with Crippen LogP contribution < -0.4 is 20.5 Å². The summed E-state index contributed by atoms with van der Waals surface area (Å²) in [6.45, 7) is 1.80. The number of nitrogens with two attached hydrogens (primary N) is 1. The summed E-state index contributed by atoms with van der Waals surface area (Å²) in [5.41, 5.74) is 7.23. The molecule has 96 valence electrons. The van der Waals surface area contributed by atoms with Crippen LogP contribution in [0.2, 0.25) is 0 Å². The van der Waals surface area contributed by atoms with Crippen LogP contribution in [-0.4, -0.2) is 29.2 Å². The summed E-state index contributed by atoms with van der Waals surface area (Å²) in [6, 6.07) is 5.52. The van der Waals surface area contributed by atoms with Gasteiger partial charge in [0.2, 0.25) is 11.2 Å². The van der Waals surface area contributed by atoms with Crippen LogP contribution in [0, 0.1) is 0 Å². The summed E-state index contributed by atoms with van der Waals surface area (Å²) in [5.74, 6) is 0.940. The molecule has 2 unspecified atom stereocenters. The Morgan fingerprint density at radius 1 is 1.50 bits per heavy atom. The number of nitrogens with zero attached hydrogens (tertiary/aromatic N) is 1. The van der Waals surface area contributed by atoms with E-state index in [1.54, 1.807) is 0 Å². The number of rotatable bonds is 2. The van der Waals surface area contributed by atoms with Crippen molar-refractivity contribution in [2.24, 2.45) is 10.1 Å². The number of anilines is 1. The van der Waals surface area contributed by atoms with Crippen LogP contribution >= 0.6 is 0 Å². The van der Waals surface area contributed by atoms with E-state index in [1.807, 2.05) is 18.2 Å². The van der Waals surface area contributed by atoms with Gasteiger partial charge in [-0.3, -0.25) is 4.72 Å². The van der Waals surface area contributed by atoms with E-state index in [1.165, 1.54) is 0 Å². The van der Waals surface area contributed by atoms with Crippen molar-refractivity contribution in [3.8, 4) is 5.75 Å². The first-order valence-electron chi connectivity index (χ1n) is 5.77. The maximum Gasteiger partial charge on any atom is 0.245 e.